The maximum Gasteiger partial charge on any atom is 0.322 e. The smallest absolute Gasteiger partial charge is 0.321 e. The van der Waals surface area contributed by atoms with E-state index in [9.17, 15) is 4.79 Å². The Morgan fingerprint density at radius 1 is 1.14 bits per heavy atom. The summed E-state index contributed by atoms with van der Waals surface area (Å²) < 4.78 is 0. The van der Waals surface area contributed by atoms with Crippen molar-refractivity contribution >= 4 is 24.1 Å². The number of carbonyl (C=O) groups is 1. The van der Waals surface area contributed by atoms with Crippen molar-refractivity contribution in [2.45, 2.75) is 33.7 Å². The summed E-state index contributed by atoms with van der Waals surface area (Å²) in [6.45, 7) is 9.70. The molecule has 120 valence electrons. The van der Waals surface area contributed by atoms with Gasteiger partial charge in [-0.25, -0.2) is 4.79 Å². The average molecular weight is 314 g/mol. The van der Waals surface area contributed by atoms with Gasteiger partial charge in [-0.1, -0.05) is 18.2 Å². The van der Waals surface area contributed by atoms with E-state index in [2.05, 4.69) is 10.2 Å². The van der Waals surface area contributed by atoms with Crippen LogP contribution in [-0.4, -0.2) is 49.1 Å². The third kappa shape index (κ3) is 5.94. The van der Waals surface area contributed by atoms with Gasteiger partial charge in [-0.2, -0.15) is 0 Å². The number of halogens is 1. The van der Waals surface area contributed by atoms with E-state index < -0.39 is 0 Å². The zero-order chi connectivity index (χ0) is 15.3. The predicted octanol–water partition coefficient (Wildman–Crippen LogP) is 3.53. The first-order chi connectivity index (χ1) is 9.32. The molecule has 1 N–H and O–H groups in total. The van der Waals surface area contributed by atoms with Gasteiger partial charge in [0.25, 0.3) is 0 Å². The monoisotopic (exact) mass is 313 g/mol. The van der Waals surface area contributed by atoms with Crippen molar-refractivity contribution in [3.05, 3.63) is 29.3 Å². The molecule has 1 aromatic carbocycles. The fourth-order valence-corrected chi connectivity index (χ4v) is 2.09. The molecule has 0 spiro atoms. The Hall–Kier alpha value is -1.26. The van der Waals surface area contributed by atoms with Crippen LogP contribution in [-0.2, 0) is 0 Å². The number of nitrogens with zero attached hydrogens (tertiary/aromatic N) is 2. The summed E-state index contributed by atoms with van der Waals surface area (Å²) in [7, 11) is 4.03. The number of para-hydroxylation sites is 1. The number of urea groups is 1. The van der Waals surface area contributed by atoms with Crippen molar-refractivity contribution in [2.75, 3.05) is 32.5 Å². The van der Waals surface area contributed by atoms with Crippen LogP contribution in [0.5, 0.6) is 0 Å². The Kier molecular flexibility index (Phi) is 8.37. The number of anilines is 1. The molecule has 1 aromatic rings. The standard InChI is InChI=1S/C16H27N3O.ClH/c1-12(2)19(11-10-18(5)6)16(20)17-15-13(3)8-7-9-14(15)4;/h7-9,12H,10-11H2,1-6H3,(H,17,20);1H. The molecular formula is C16H28ClN3O. The van der Waals surface area contributed by atoms with Crippen LogP contribution < -0.4 is 5.32 Å². The van der Waals surface area contributed by atoms with Gasteiger partial charge in [-0.3, -0.25) is 0 Å². The average Bonchev–Trinajstić information content (AvgIpc) is 2.33. The molecule has 21 heavy (non-hydrogen) atoms. The van der Waals surface area contributed by atoms with E-state index in [1.54, 1.807) is 0 Å². The summed E-state index contributed by atoms with van der Waals surface area (Å²) in [5.74, 6) is 0. The Morgan fingerprint density at radius 2 is 1.67 bits per heavy atom. The molecule has 0 aliphatic heterocycles. The van der Waals surface area contributed by atoms with Gasteiger partial charge in [-0.05, 0) is 52.9 Å². The van der Waals surface area contributed by atoms with E-state index in [-0.39, 0.29) is 24.5 Å². The summed E-state index contributed by atoms with van der Waals surface area (Å²) >= 11 is 0. The SMILES string of the molecule is Cc1cccc(C)c1NC(=O)N(CCN(C)C)C(C)C.Cl. The summed E-state index contributed by atoms with van der Waals surface area (Å²) in [5.41, 5.74) is 3.11. The first-order valence-electron chi connectivity index (χ1n) is 7.11. The van der Waals surface area contributed by atoms with Crippen LogP contribution in [0.25, 0.3) is 0 Å². The number of hydrogen-bond donors (Lipinski definition) is 1. The van der Waals surface area contributed by atoms with Crippen LogP contribution in [0, 0.1) is 13.8 Å². The number of amides is 2. The minimum atomic E-state index is -0.0285. The van der Waals surface area contributed by atoms with E-state index in [4.69, 9.17) is 0 Å². The number of nitrogens with one attached hydrogen (secondary N) is 1. The van der Waals surface area contributed by atoms with E-state index in [1.165, 1.54) is 0 Å². The normalized spacial score (nSPS) is 10.5. The van der Waals surface area contributed by atoms with E-state index in [0.717, 1.165) is 29.9 Å². The summed E-state index contributed by atoms with van der Waals surface area (Å²) in [6, 6.07) is 6.19. The molecule has 0 aromatic heterocycles. The van der Waals surface area contributed by atoms with Gasteiger partial charge in [0.15, 0.2) is 0 Å². The van der Waals surface area contributed by atoms with Gasteiger partial charge in [0.2, 0.25) is 0 Å². The van der Waals surface area contributed by atoms with Gasteiger partial charge in [0.05, 0.1) is 0 Å². The fraction of sp³-hybridized carbons (Fsp3) is 0.562. The maximum absolute atomic E-state index is 12.5. The van der Waals surface area contributed by atoms with Crippen LogP contribution in [0.4, 0.5) is 10.5 Å². The van der Waals surface area contributed by atoms with Crippen molar-refractivity contribution in [3.63, 3.8) is 0 Å². The Bertz CT molecular complexity index is 441. The highest BCUT2D eigenvalue weighted by molar-refractivity contribution is 5.91. The highest BCUT2D eigenvalue weighted by atomic mass is 35.5. The second-order valence-corrected chi connectivity index (χ2v) is 5.79. The summed E-state index contributed by atoms with van der Waals surface area (Å²) in [6.07, 6.45) is 0. The first kappa shape index (κ1) is 19.7. The molecule has 4 nitrogen and oxygen atoms in total. The molecule has 0 heterocycles. The van der Waals surface area contributed by atoms with Gasteiger partial charge < -0.3 is 15.1 Å². The third-order valence-electron chi connectivity index (χ3n) is 3.39. The lowest BCUT2D eigenvalue weighted by Gasteiger charge is -2.28. The zero-order valence-corrected chi connectivity index (χ0v) is 14.8. The molecule has 0 bridgehead atoms. The zero-order valence-electron chi connectivity index (χ0n) is 13.9. The van der Waals surface area contributed by atoms with Crippen molar-refractivity contribution in [3.8, 4) is 0 Å². The number of rotatable bonds is 5. The molecule has 0 aliphatic rings. The van der Waals surface area contributed by atoms with Crippen LogP contribution in [0.2, 0.25) is 0 Å². The molecule has 5 heteroatoms. The quantitative estimate of drug-likeness (QED) is 0.902. The van der Waals surface area contributed by atoms with Crippen molar-refractivity contribution < 1.29 is 4.79 Å². The van der Waals surface area contributed by atoms with Gasteiger partial charge >= 0.3 is 6.03 Å². The second kappa shape index (κ2) is 8.90. The lowest BCUT2D eigenvalue weighted by molar-refractivity contribution is 0.189. The van der Waals surface area contributed by atoms with Gasteiger partial charge in [0, 0.05) is 24.8 Å². The molecule has 0 saturated carbocycles. The fourth-order valence-electron chi connectivity index (χ4n) is 2.09. The first-order valence-corrected chi connectivity index (χ1v) is 7.11. The molecule has 2 amide bonds. The number of benzene rings is 1. The second-order valence-electron chi connectivity index (χ2n) is 5.79. The molecule has 0 radical (unpaired) electrons. The van der Waals surface area contributed by atoms with Crippen molar-refractivity contribution in [1.82, 2.24) is 9.80 Å². The lowest BCUT2D eigenvalue weighted by atomic mass is 10.1. The minimum Gasteiger partial charge on any atom is -0.321 e. The lowest BCUT2D eigenvalue weighted by Crippen LogP contribution is -2.43. The van der Waals surface area contributed by atoms with Crippen LogP contribution in [0.1, 0.15) is 25.0 Å². The Morgan fingerprint density at radius 3 is 2.10 bits per heavy atom. The van der Waals surface area contributed by atoms with Crippen LogP contribution in [0.3, 0.4) is 0 Å². The number of carbonyl (C=O) groups excluding carboxylic acids is 1. The van der Waals surface area contributed by atoms with Gasteiger partial charge in [-0.15, -0.1) is 12.4 Å². The highest BCUT2D eigenvalue weighted by Gasteiger charge is 2.18. The number of hydrogen-bond acceptors (Lipinski definition) is 2. The summed E-state index contributed by atoms with van der Waals surface area (Å²) in [4.78, 5) is 16.4. The van der Waals surface area contributed by atoms with Gasteiger partial charge in [0.1, 0.15) is 0 Å². The van der Waals surface area contributed by atoms with Crippen molar-refractivity contribution in [1.29, 1.82) is 0 Å². The number of likely N-dealkylation sites (N-methyl/N-ethyl adjacent to an activating group) is 1. The molecule has 0 saturated heterocycles. The molecule has 1 rings (SSSR count). The Balaban J connectivity index is 0.00000400. The topological polar surface area (TPSA) is 35.6 Å². The molecule has 0 aliphatic carbocycles. The summed E-state index contributed by atoms with van der Waals surface area (Å²) in [5, 5.41) is 3.05. The molecular weight excluding hydrogens is 286 g/mol. The number of aryl methyl sites for hydroxylation is 2. The third-order valence-corrected chi connectivity index (χ3v) is 3.39. The highest BCUT2D eigenvalue weighted by Crippen LogP contribution is 2.20. The molecule has 0 fully saturated rings. The minimum absolute atomic E-state index is 0. The Labute approximate surface area is 134 Å². The molecule has 0 atom stereocenters. The largest absolute Gasteiger partial charge is 0.322 e. The molecule has 0 unspecified atom stereocenters. The van der Waals surface area contributed by atoms with E-state index in [0.29, 0.717) is 0 Å². The maximum atomic E-state index is 12.5. The van der Waals surface area contributed by atoms with E-state index in [1.807, 2.05) is 64.9 Å². The van der Waals surface area contributed by atoms with E-state index >= 15 is 0 Å². The van der Waals surface area contributed by atoms with Crippen molar-refractivity contribution in [2.24, 2.45) is 0 Å². The van der Waals surface area contributed by atoms with Crippen LogP contribution in [0.15, 0.2) is 18.2 Å². The van der Waals surface area contributed by atoms with Crippen LogP contribution >= 0.6 is 12.4 Å². The predicted molar refractivity (Wildman–Crippen MR) is 92.6 cm³/mol.